The molecule has 0 aliphatic heterocycles. The first-order chi connectivity index (χ1) is 20.8. The minimum Gasteiger partial charge on any atom is -0.255 e. The van der Waals surface area contributed by atoms with E-state index in [1.165, 1.54) is 11.1 Å². The zero-order valence-corrected chi connectivity index (χ0v) is 22.5. The molecule has 0 N–H and O–H groups in total. The van der Waals surface area contributed by atoms with Crippen LogP contribution in [0.4, 0.5) is 0 Å². The maximum Gasteiger partial charge on any atom is 0.101 e. The van der Waals surface area contributed by atoms with Crippen molar-refractivity contribution in [1.29, 1.82) is 10.5 Å². The van der Waals surface area contributed by atoms with E-state index in [1.807, 2.05) is 24.3 Å². The summed E-state index contributed by atoms with van der Waals surface area (Å²) in [5.41, 5.74) is 8.85. The number of aromatic nitrogens is 2. The molecule has 0 aliphatic carbocycles. The molecule has 0 bridgehead atoms. The zero-order valence-electron chi connectivity index (χ0n) is 22.5. The Hall–Kier alpha value is -6.10. The third kappa shape index (κ3) is 4.16. The van der Waals surface area contributed by atoms with E-state index in [2.05, 4.69) is 94.9 Å². The minimum absolute atomic E-state index is 0.559. The van der Waals surface area contributed by atoms with E-state index in [4.69, 9.17) is 0 Å². The van der Waals surface area contributed by atoms with Crippen molar-refractivity contribution < 1.29 is 0 Å². The second-order valence-electron chi connectivity index (χ2n) is 10.0. The van der Waals surface area contributed by atoms with Gasteiger partial charge in [0.25, 0.3) is 0 Å². The van der Waals surface area contributed by atoms with E-state index in [0.717, 1.165) is 43.8 Å². The Bertz CT molecular complexity index is 1980. The molecule has 4 nitrogen and oxygen atoms in total. The van der Waals surface area contributed by atoms with E-state index < -0.39 is 0 Å². The van der Waals surface area contributed by atoms with Crippen LogP contribution in [0.15, 0.2) is 134 Å². The van der Waals surface area contributed by atoms with Crippen molar-refractivity contribution in [2.45, 2.75) is 0 Å². The Morgan fingerprint density at radius 2 is 0.714 bits per heavy atom. The third-order valence-corrected chi connectivity index (χ3v) is 7.68. The standard InChI is InChI=1S/C38H22N4/c39-23-29-7-5-21-41-37(29)27-17-13-25(14-18-27)35-31-9-1-2-10-32(31)36(34-12-4-3-11-33(34)35)26-15-19-28(20-16-26)38-30(24-40)8-6-22-42-38/h1-22H. The molecular formula is C38H22N4. The second kappa shape index (κ2) is 10.5. The van der Waals surface area contributed by atoms with Crippen molar-refractivity contribution in [1.82, 2.24) is 9.97 Å². The molecule has 0 spiro atoms. The summed E-state index contributed by atoms with van der Waals surface area (Å²) in [6.07, 6.45) is 3.43. The molecule has 5 aromatic carbocycles. The zero-order chi connectivity index (χ0) is 28.5. The number of pyridine rings is 2. The molecule has 0 amide bonds. The van der Waals surface area contributed by atoms with Crippen molar-refractivity contribution in [3.8, 4) is 56.9 Å². The third-order valence-electron chi connectivity index (χ3n) is 7.68. The summed E-state index contributed by atoms with van der Waals surface area (Å²) in [6, 6.07) is 45.4. The Morgan fingerprint density at radius 1 is 0.381 bits per heavy atom. The van der Waals surface area contributed by atoms with Crippen LogP contribution in [0.5, 0.6) is 0 Å². The Balaban J connectivity index is 1.41. The highest BCUT2D eigenvalue weighted by molar-refractivity contribution is 6.21. The molecule has 2 heterocycles. The first-order valence-electron chi connectivity index (χ1n) is 13.6. The molecule has 7 aromatic rings. The van der Waals surface area contributed by atoms with Crippen molar-refractivity contribution in [2.24, 2.45) is 0 Å². The number of nitriles is 2. The monoisotopic (exact) mass is 534 g/mol. The van der Waals surface area contributed by atoms with E-state index in [1.54, 1.807) is 36.7 Å². The Kier molecular flexibility index (Phi) is 6.21. The molecule has 7 rings (SSSR count). The molecule has 0 radical (unpaired) electrons. The lowest BCUT2D eigenvalue weighted by atomic mass is 9.85. The van der Waals surface area contributed by atoms with Crippen molar-refractivity contribution >= 4 is 21.5 Å². The average molecular weight is 535 g/mol. The fourth-order valence-corrected chi connectivity index (χ4v) is 5.79. The Labute approximate surface area is 243 Å². The van der Waals surface area contributed by atoms with Gasteiger partial charge >= 0.3 is 0 Å². The smallest absolute Gasteiger partial charge is 0.101 e. The molecule has 0 saturated carbocycles. The predicted octanol–water partition coefficient (Wildman–Crippen LogP) is 9.19. The van der Waals surface area contributed by atoms with Gasteiger partial charge < -0.3 is 0 Å². The van der Waals surface area contributed by atoms with Crippen LogP contribution >= 0.6 is 0 Å². The quantitative estimate of drug-likeness (QED) is 0.211. The molecule has 194 valence electrons. The van der Waals surface area contributed by atoms with Gasteiger partial charge in [-0.15, -0.1) is 0 Å². The molecule has 42 heavy (non-hydrogen) atoms. The number of rotatable bonds is 4. The molecule has 4 heteroatoms. The van der Waals surface area contributed by atoms with Crippen LogP contribution in [-0.4, -0.2) is 9.97 Å². The summed E-state index contributed by atoms with van der Waals surface area (Å²) in [4.78, 5) is 8.92. The predicted molar refractivity (Wildman–Crippen MR) is 168 cm³/mol. The van der Waals surface area contributed by atoms with E-state index in [0.29, 0.717) is 22.5 Å². The maximum atomic E-state index is 9.56. The number of nitrogens with zero attached hydrogens (tertiary/aromatic N) is 4. The van der Waals surface area contributed by atoms with Gasteiger partial charge in [-0.1, -0.05) is 97.1 Å². The van der Waals surface area contributed by atoms with E-state index >= 15 is 0 Å². The van der Waals surface area contributed by atoms with Gasteiger partial charge in [0.1, 0.15) is 12.1 Å². The summed E-state index contributed by atoms with van der Waals surface area (Å²) in [5.74, 6) is 0. The number of hydrogen-bond acceptors (Lipinski definition) is 4. The SMILES string of the molecule is N#Cc1cccnc1-c1ccc(-c2c3ccccc3c(-c3ccc(-c4ncccc4C#N)cc3)c3ccccc23)cc1. The maximum absolute atomic E-state index is 9.56. The molecule has 0 fully saturated rings. The average Bonchev–Trinajstić information content (AvgIpc) is 3.07. The lowest BCUT2D eigenvalue weighted by Gasteiger charge is -2.18. The summed E-state index contributed by atoms with van der Waals surface area (Å²) >= 11 is 0. The summed E-state index contributed by atoms with van der Waals surface area (Å²) in [5, 5.41) is 23.8. The van der Waals surface area contributed by atoms with Gasteiger partial charge in [-0.25, -0.2) is 0 Å². The number of fused-ring (bicyclic) bond motifs is 2. The topological polar surface area (TPSA) is 73.4 Å². The lowest BCUT2D eigenvalue weighted by molar-refractivity contribution is 1.30. The Morgan fingerprint density at radius 3 is 1.05 bits per heavy atom. The van der Waals surface area contributed by atoms with E-state index in [9.17, 15) is 10.5 Å². The van der Waals surface area contributed by atoms with Gasteiger partial charge in [-0.05, 0) is 68.1 Å². The summed E-state index contributed by atoms with van der Waals surface area (Å²) in [7, 11) is 0. The van der Waals surface area contributed by atoms with Gasteiger partial charge in [0.15, 0.2) is 0 Å². The molecule has 2 aromatic heterocycles. The van der Waals surface area contributed by atoms with Gasteiger partial charge in [0.05, 0.1) is 22.5 Å². The highest BCUT2D eigenvalue weighted by atomic mass is 14.7. The molecule has 0 aliphatic rings. The van der Waals surface area contributed by atoms with Crippen molar-refractivity contribution in [3.63, 3.8) is 0 Å². The van der Waals surface area contributed by atoms with Crippen molar-refractivity contribution in [2.75, 3.05) is 0 Å². The van der Waals surface area contributed by atoms with E-state index in [-0.39, 0.29) is 0 Å². The first kappa shape index (κ1) is 24.9. The number of benzene rings is 5. The molecule has 0 atom stereocenters. The van der Waals surface area contributed by atoms with Crippen molar-refractivity contribution in [3.05, 3.63) is 145 Å². The van der Waals surface area contributed by atoms with Gasteiger partial charge in [0.2, 0.25) is 0 Å². The number of hydrogen-bond donors (Lipinski definition) is 0. The first-order valence-corrected chi connectivity index (χ1v) is 13.6. The minimum atomic E-state index is 0.559. The van der Waals surface area contributed by atoms with Gasteiger partial charge in [0, 0.05) is 23.5 Å². The van der Waals surface area contributed by atoms with Crippen LogP contribution < -0.4 is 0 Å². The van der Waals surface area contributed by atoms with Crippen LogP contribution in [-0.2, 0) is 0 Å². The van der Waals surface area contributed by atoms with Crippen LogP contribution in [0.25, 0.3) is 66.3 Å². The summed E-state index contributed by atoms with van der Waals surface area (Å²) < 4.78 is 0. The normalized spacial score (nSPS) is 10.8. The molecular weight excluding hydrogens is 512 g/mol. The van der Waals surface area contributed by atoms with Gasteiger partial charge in [-0.3, -0.25) is 9.97 Å². The van der Waals surface area contributed by atoms with Crippen LogP contribution in [0.3, 0.4) is 0 Å². The van der Waals surface area contributed by atoms with Crippen LogP contribution in [0.1, 0.15) is 11.1 Å². The van der Waals surface area contributed by atoms with Crippen LogP contribution in [0.2, 0.25) is 0 Å². The highest BCUT2D eigenvalue weighted by Crippen LogP contribution is 2.44. The van der Waals surface area contributed by atoms with Crippen LogP contribution in [0, 0.1) is 22.7 Å². The molecule has 0 unspecified atom stereocenters. The fourth-order valence-electron chi connectivity index (χ4n) is 5.79. The largest absolute Gasteiger partial charge is 0.255 e. The lowest BCUT2D eigenvalue weighted by Crippen LogP contribution is -1.92. The fraction of sp³-hybridized carbons (Fsp3) is 0. The van der Waals surface area contributed by atoms with Gasteiger partial charge in [-0.2, -0.15) is 10.5 Å². The highest BCUT2D eigenvalue weighted by Gasteiger charge is 2.17. The second-order valence-corrected chi connectivity index (χ2v) is 10.0. The summed E-state index contributed by atoms with van der Waals surface area (Å²) in [6.45, 7) is 0. The molecule has 0 saturated heterocycles.